The number of thiophene rings is 1. The van der Waals surface area contributed by atoms with Crippen LogP contribution in [0.1, 0.15) is 55.2 Å². The van der Waals surface area contributed by atoms with Crippen molar-refractivity contribution in [2.45, 2.75) is 64.1 Å². The molecule has 1 aliphatic heterocycles. The van der Waals surface area contributed by atoms with E-state index in [1.54, 1.807) is 15.9 Å². The summed E-state index contributed by atoms with van der Waals surface area (Å²) in [6, 6.07) is 9.90. The van der Waals surface area contributed by atoms with Gasteiger partial charge in [0.05, 0.1) is 17.5 Å². The maximum absolute atomic E-state index is 13.6. The third kappa shape index (κ3) is 3.19. The van der Waals surface area contributed by atoms with Crippen LogP contribution in [0.4, 0.5) is 0 Å². The molecule has 29 heavy (non-hydrogen) atoms. The van der Waals surface area contributed by atoms with Crippen LogP contribution in [-0.4, -0.2) is 21.3 Å². The first kappa shape index (κ1) is 18.8. The highest BCUT2D eigenvalue weighted by Crippen LogP contribution is 2.36. The van der Waals surface area contributed by atoms with Crippen LogP contribution < -0.4 is 11.2 Å². The summed E-state index contributed by atoms with van der Waals surface area (Å²) in [5.74, 6) is 0. The molecule has 6 heteroatoms. The van der Waals surface area contributed by atoms with E-state index < -0.39 is 0 Å². The minimum absolute atomic E-state index is 0.101. The molecule has 152 valence electrons. The van der Waals surface area contributed by atoms with Gasteiger partial charge in [-0.25, -0.2) is 4.79 Å². The zero-order chi connectivity index (χ0) is 20.2. The molecule has 0 spiro atoms. The molecule has 5 nitrogen and oxygen atoms in total. The van der Waals surface area contributed by atoms with Gasteiger partial charge in [0, 0.05) is 17.5 Å². The van der Waals surface area contributed by atoms with E-state index in [-0.39, 0.29) is 22.9 Å². The summed E-state index contributed by atoms with van der Waals surface area (Å²) in [4.78, 5) is 29.4. The number of benzene rings is 1. The number of aryl methyl sites for hydroxylation is 2. The molecule has 3 aromatic rings. The second-order valence-corrected chi connectivity index (χ2v) is 9.91. The molecule has 0 unspecified atom stereocenters. The van der Waals surface area contributed by atoms with Crippen molar-refractivity contribution in [1.29, 1.82) is 0 Å². The quantitative estimate of drug-likeness (QED) is 0.658. The van der Waals surface area contributed by atoms with Crippen molar-refractivity contribution < 1.29 is 4.74 Å². The minimum atomic E-state index is -0.329. The molecule has 1 aromatic carbocycles. The van der Waals surface area contributed by atoms with Crippen LogP contribution in [0.3, 0.4) is 0 Å². The van der Waals surface area contributed by atoms with Crippen LogP contribution >= 0.6 is 11.3 Å². The van der Waals surface area contributed by atoms with Crippen molar-refractivity contribution in [3.8, 4) is 0 Å². The molecule has 0 N–H and O–H groups in total. The average molecular weight is 411 g/mol. The van der Waals surface area contributed by atoms with Crippen LogP contribution in [0, 0.1) is 0 Å². The van der Waals surface area contributed by atoms with Crippen molar-refractivity contribution in [2.24, 2.45) is 0 Å². The van der Waals surface area contributed by atoms with E-state index in [1.165, 1.54) is 10.4 Å². The fourth-order valence-electron chi connectivity index (χ4n) is 4.87. The molecule has 0 radical (unpaired) electrons. The number of ether oxygens (including phenoxy) is 1. The summed E-state index contributed by atoms with van der Waals surface area (Å²) in [5.41, 5.74) is 1.63. The van der Waals surface area contributed by atoms with E-state index in [1.807, 2.05) is 48.7 Å². The van der Waals surface area contributed by atoms with Crippen molar-refractivity contribution in [1.82, 2.24) is 9.13 Å². The second-order valence-electron chi connectivity index (χ2n) is 8.82. The summed E-state index contributed by atoms with van der Waals surface area (Å²) < 4.78 is 9.22. The lowest BCUT2D eigenvalue weighted by Gasteiger charge is -2.36. The van der Waals surface area contributed by atoms with Crippen molar-refractivity contribution >= 4 is 21.6 Å². The third-order valence-corrected chi connectivity index (χ3v) is 7.55. The number of nitrogens with zero attached hydrogens (tertiary/aromatic N) is 2. The van der Waals surface area contributed by atoms with Gasteiger partial charge >= 0.3 is 5.69 Å². The van der Waals surface area contributed by atoms with Crippen LogP contribution in [0.5, 0.6) is 0 Å². The van der Waals surface area contributed by atoms with E-state index in [0.717, 1.165) is 35.0 Å². The molecule has 5 rings (SSSR count). The Kier molecular flexibility index (Phi) is 4.51. The SMILES string of the molecule is CC1(C)C[C@@H](n2c(=O)c3c4c(sc3n(Cc3ccccc3)c2=O)CCC4)CCO1. The van der Waals surface area contributed by atoms with Gasteiger partial charge < -0.3 is 4.74 Å². The standard InChI is InChI=1S/C23H26N2O3S/c1-23(2)13-16(11-12-28-23)25-20(26)19-17-9-6-10-18(17)29-21(19)24(22(25)27)14-15-7-4-3-5-8-15/h3-5,7-8,16H,6,9-14H2,1-2H3/t16-/m0/s1. The number of hydrogen-bond acceptors (Lipinski definition) is 4. The topological polar surface area (TPSA) is 53.2 Å². The van der Waals surface area contributed by atoms with Crippen LogP contribution in [0.25, 0.3) is 10.2 Å². The lowest BCUT2D eigenvalue weighted by Crippen LogP contribution is -2.46. The Hall–Kier alpha value is -2.18. The van der Waals surface area contributed by atoms with E-state index >= 15 is 0 Å². The van der Waals surface area contributed by atoms with Crippen LogP contribution in [0.2, 0.25) is 0 Å². The zero-order valence-electron chi connectivity index (χ0n) is 16.9. The van der Waals surface area contributed by atoms with Gasteiger partial charge in [-0.3, -0.25) is 13.9 Å². The van der Waals surface area contributed by atoms with Crippen LogP contribution in [-0.2, 0) is 24.1 Å². The van der Waals surface area contributed by atoms with E-state index in [2.05, 4.69) is 0 Å². The molecule has 1 fully saturated rings. The molecular weight excluding hydrogens is 384 g/mol. The predicted octanol–water partition coefficient (Wildman–Crippen LogP) is 3.89. The third-order valence-electron chi connectivity index (χ3n) is 6.24. The molecule has 0 amide bonds. The lowest BCUT2D eigenvalue weighted by atomic mass is 9.93. The first-order valence-corrected chi connectivity index (χ1v) is 11.2. The molecule has 1 saturated heterocycles. The Balaban J connectivity index is 1.75. The smallest absolute Gasteiger partial charge is 0.332 e. The van der Waals surface area contributed by atoms with Gasteiger partial charge in [-0.05, 0) is 57.1 Å². The highest BCUT2D eigenvalue weighted by atomic mass is 32.1. The largest absolute Gasteiger partial charge is 0.375 e. The first-order valence-electron chi connectivity index (χ1n) is 10.4. The number of rotatable bonds is 3. The summed E-state index contributed by atoms with van der Waals surface area (Å²) in [5, 5.41) is 0.780. The minimum Gasteiger partial charge on any atom is -0.375 e. The normalized spacial score (nSPS) is 20.8. The molecule has 2 aliphatic rings. The molecule has 0 bridgehead atoms. The fourth-order valence-corrected chi connectivity index (χ4v) is 6.24. The maximum atomic E-state index is 13.6. The van der Waals surface area contributed by atoms with Gasteiger partial charge in [0.25, 0.3) is 5.56 Å². The molecule has 0 saturated carbocycles. The highest BCUT2D eigenvalue weighted by molar-refractivity contribution is 7.18. The van der Waals surface area contributed by atoms with Crippen molar-refractivity contribution in [3.63, 3.8) is 0 Å². The Bertz CT molecular complexity index is 1190. The Labute approximate surface area is 173 Å². The number of hydrogen-bond donors (Lipinski definition) is 0. The molecular formula is C23H26N2O3S. The van der Waals surface area contributed by atoms with Crippen molar-refractivity contribution in [3.05, 3.63) is 67.2 Å². The van der Waals surface area contributed by atoms with Gasteiger partial charge in [0.2, 0.25) is 0 Å². The lowest BCUT2D eigenvalue weighted by molar-refractivity contribution is -0.0702. The van der Waals surface area contributed by atoms with Gasteiger partial charge in [-0.2, -0.15) is 0 Å². The van der Waals surface area contributed by atoms with Gasteiger partial charge in [0.15, 0.2) is 0 Å². The molecule has 1 atom stereocenters. The Morgan fingerprint density at radius 2 is 1.97 bits per heavy atom. The zero-order valence-corrected chi connectivity index (χ0v) is 17.8. The summed E-state index contributed by atoms with van der Waals surface area (Å²) >= 11 is 1.64. The van der Waals surface area contributed by atoms with Gasteiger partial charge in [-0.1, -0.05) is 30.3 Å². The highest BCUT2D eigenvalue weighted by Gasteiger charge is 2.33. The molecule has 1 aliphatic carbocycles. The molecule has 3 heterocycles. The van der Waals surface area contributed by atoms with Gasteiger partial charge in [0.1, 0.15) is 4.83 Å². The Morgan fingerprint density at radius 1 is 1.17 bits per heavy atom. The first-order chi connectivity index (χ1) is 13.9. The predicted molar refractivity (Wildman–Crippen MR) is 116 cm³/mol. The van der Waals surface area contributed by atoms with Crippen molar-refractivity contribution in [2.75, 3.05) is 6.61 Å². The number of fused-ring (bicyclic) bond motifs is 3. The summed E-state index contributed by atoms with van der Waals surface area (Å²) in [6.07, 6.45) is 4.41. The number of aromatic nitrogens is 2. The summed E-state index contributed by atoms with van der Waals surface area (Å²) in [7, 11) is 0. The fraction of sp³-hybridized carbons (Fsp3) is 0.478. The second kappa shape index (κ2) is 6.96. The molecule has 2 aromatic heterocycles. The van der Waals surface area contributed by atoms with E-state index in [0.29, 0.717) is 26.0 Å². The average Bonchev–Trinajstić information content (AvgIpc) is 3.26. The van der Waals surface area contributed by atoms with Gasteiger partial charge in [-0.15, -0.1) is 11.3 Å². The Morgan fingerprint density at radius 3 is 2.72 bits per heavy atom. The van der Waals surface area contributed by atoms with Crippen LogP contribution in [0.15, 0.2) is 39.9 Å². The monoisotopic (exact) mass is 410 g/mol. The maximum Gasteiger partial charge on any atom is 0.332 e. The van der Waals surface area contributed by atoms with E-state index in [9.17, 15) is 9.59 Å². The summed E-state index contributed by atoms with van der Waals surface area (Å²) in [6.45, 7) is 5.13. The van der Waals surface area contributed by atoms with E-state index in [4.69, 9.17) is 4.74 Å².